The molecule has 0 saturated heterocycles. The molecule has 17 heavy (non-hydrogen) atoms. The van der Waals surface area contributed by atoms with E-state index in [1.54, 1.807) is 6.92 Å². The molecule has 1 heterocycles. The lowest BCUT2D eigenvalue weighted by Crippen LogP contribution is -2.15. The van der Waals surface area contributed by atoms with Crippen LogP contribution in [-0.4, -0.2) is 4.98 Å². The molecule has 0 saturated carbocycles. The Hall–Kier alpha value is -1.43. The first kappa shape index (κ1) is 13.6. The maximum atomic E-state index is 13.6. The van der Waals surface area contributed by atoms with Crippen molar-refractivity contribution in [2.75, 3.05) is 0 Å². The fourth-order valence-corrected chi connectivity index (χ4v) is 1.62. The molecule has 1 N–H and O–H groups in total. The first-order chi connectivity index (χ1) is 8.00. The van der Waals surface area contributed by atoms with Crippen LogP contribution >= 0.6 is 15.9 Å². The molecule has 0 aliphatic rings. The Balaban J connectivity index is 0.000000686. The van der Waals surface area contributed by atoms with Gasteiger partial charge in [-0.3, -0.25) is 4.98 Å². The highest BCUT2D eigenvalue weighted by Gasteiger charge is 2.12. The van der Waals surface area contributed by atoms with Gasteiger partial charge in [-0.1, -0.05) is 13.8 Å². The normalized spacial score (nSPS) is 9.94. The quantitative estimate of drug-likeness (QED) is 0.814. The van der Waals surface area contributed by atoms with Gasteiger partial charge in [0.25, 0.3) is 0 Å². The summed E-state index contributed by atoms with van der Waals surface area (Å²) in [6.07, 6.45) is 0. The van der Waals surface area contributed by atoms with Crippen LogP contribution in [0.4, 0.5) is 4.39 Å². The van der Waals surface area contributed by atoms with E-state index in [0.29, 0.717) is 5.56 Å². The highest BCUT2D eigenvalue weighted by molar-refractivity contribution is 9.10. The molecule has 4 nitrogen and oxygen atoms in total. The monoisotopic (exact) mass is 303 g/mol. The van der Waals surface area contributed by atoms with Gasteiger partial charge in [-0.05, 0) is 34.5 Å². The molecule has 0 fully saturated rings. The van der Waals surface area contributed by atoms with Crippen molar-refractivity contribution >= 4 is 26.8 Å². The highest BCUT2D eigenvalue weighted by atomic mass is 79.9. The molecule has 0 amide bonds. The third-order valence-corrected chi connectivity index (χ3v) is 2.99. The van der Waals surface area contributed by atoms with Crippen molar-refractivity contribution in [2.45, 2.75) is 20.8 Å². The summed E-state index contributed by atoms with van der Waals surface area (Å²) in [6, 6.07) is 1.45. The van der Waals surface area contributed by atoms with Crippen LogP contribution in [0.5, 0.6) is 0 Å². The Labute approximate surface area is 105 Å². The molecule has 0 bridgehead atoms. The number of hydrogen-bond acceptors (Lipinski definition) is 3. The SMILES string of the molecule is CC.Cc1cc2c(=O)oc(=O)[nH]c2c(F)c1Br. The zero-order valence-electron chi connectivity index (χ0n) is 9.56. The minimum atomic E-state index is -0.970. The van der Waals surface area contributed by atoms with E-state index in [4.69, 9.17) is 0 Å². The lowest BCUT2D eigenvalue weighted by molar-refractivity contribution is 0.458. The summed E-state index contributed by atoms with van der Waals surface area (Å²) < 4.78 is 18.1. The van der Waals surface area contributed by atoms with Crippen molar-refractivity contribution < 1.29 is 8.81 Å². The molecule has 0 radical (unpaired) electrons. The van der Waals surface area contributed by atoms with Crippen molar-refractivity contribution in [1.82, 2.24) is 4.98 Å². The molecule has 0 spiro atoms. The molecule has 0 unspecified atom stereocenters. The topological polar surface area (TPSA) is 63.1 Å². The van der Waals surface area contributed by atoms with Gasteiger partial charge in [-0.25, -0.2) is 14.0 Å². The third-order valence-electron chi connectivity index (χ3n) is 2.02. The molecule has 2 aromatic rings. The zero-order valence-corrected chi connectivity index (χ0v) is 11.1. The van der Waals surface area contributed by atoms with Gasteiger partial charge in [0.2, 0.25) is 0 Å². The summed E-state index contributed by atoms with van der Waals surface area (Å²) in [7, 11) is 0. The molecule has 1 aromatic heterocycles. The number of nitrogens with one attached hydrogen (secondary N) is 1. The second-order valence-electron chi connectivity index (χ2n) is 3.05. The summed E-state index contributed by atoms with van der Waals surface area (Å²) in [6.45, 7) is 5.64. The minimum absolute atomic E-state index is 0.0211. The van der Waals surface area contributed by atoms with E-state index in [1.807, 2.05) is 13.8 Å². The van der Waals surface area contributed by atoms with Gasteiger partial charge in [0, 0.05) is 0 Å². The van der Waals surface area contributed by atoms with Gasteiger partial charge in [-0.2, -0.15) is 0 Å². The first-order valence-electron chi connectivity index (χ1n) is 5.02. The predicted molar refractivity (Wildman–Crippen MR) is 66.8 cm³/mol. The number of halogens is 2. The maximum Gasteiger partial charge on any atom is 0.419 e. The summed E-state index contributed by atoms with van der Waals surface area (Å²) in [5, 5.41) is 0.0211. The van der Waals surface area contributed by atoms with Crippen LogP contribution in [-0.2, 0) is 0 Å². The number of aromatic amines is 1. The summed E-state index contributed by atoms with van der Waals surface area (Å²) in [5.74, 6) is -1.64. The van der Waals surface area contributed by atoms with Crippen LogP contribution in [0.2, 0.25) is 0 Å². The van der Waals surface area contributed by atoms with Crippen LogP contribution in [0.25, 0.3) is 10.9 Å². The van der Waals surface area contributed by atoms with Crippen LogP contribution in [0.3, 0.4) is 0 Å². The van der Waals surface area contributed by atoms with E-state index >= 15 is 0 Å². The average molecular weight is 304 g/mol. The lowest BCUT2D eigenvalue weighted by atomic mass is 10.1. The van der Waals surface area contributed by atoms with Crippen LogP contribution in [0, 0.1) is 12.7 Å². The Kier molecular flexibility index (Phi) is 4.22. The van der Waals surface area contributed by atoms with Crippen LogP contribution in [0.1, 0.15) is 19.4 Å². The predicted octanol–water partition coefficient (Wildman–Crippen LogP) is 2.72. The molecular weight excluding hydrogens is 293 g/mol. The van der Waals surface area contributed by atoms with Crippen LogP contribution in [0.15, 0.2) is 24.5 Å². The van der Waals surface area contributed by atoms with E-state index in [-0.39, 0.29) is 15.4 Å². The number of fused-ring (bicyclic) bond motifs is 1. The molecule has 1 aromatic carbocycles. The van der Waals surface area contributed by atoms with Gasteiger partial charge in [0.1, 0.15) is 0 Å². The summed E-state index contributed by atoms with van der Waals surface area (Å²) >= 11 is 3.02. The first-order valence-corrected chi connectivity index (χ1v) is 5.81. The lowest BCUT2D eigenvalue weighted by Gasteiger charge is -2.02. The van der Waals surface area contributed by atoms with E-state index in [1.165, 1.54) is 6.07 Å². The fourth-order valence-electron chi connectivity index (χ4n) is 1.30. The second kappa shape index (κ2) is 5.27. The molecule has 0 aliphatic heterocycles. The Morgan fingerprint density at radius 2 is 1.94 bits per heavy atom. The Morgan fingerprint density at radius 3 is 2.53 bits per heavy atom. The average Bonchev–Trinajstić information content (AvgIpc) is 2.31. The molecule has 0 atom stereocenters. The Morgan fingerprint density at radius 1 is 1.35 bits per heavy atom. The smallest absolute Gasteiger partial charge is 0.372 e. The zero-order chi connectivity index (χ0) is 13.2. The number of benzene rings is 1. The van der Waals surface area contributed by atoms with Crippen LogP contribution < -0.4 is 11.4 Å². The van der Waals surface area contributed by atoms with Crippen molar-refractivity contribution in [1.29, 1.82) is 0 Å². The highest BCUT2D eigenvalue weighted by Crippen LogP contribution is 2.24. The number of hydrogen-bond donors (Lipinski definition) is 1. The van der Waals surface area contributed by atoms with Crippen molar-refractivity contribution in [3.05, 3.63) is 42.9 Å². The van der Waals surface area contributed by atoms with E-state index in [2.05, 4.69) is 25.3 Å². The fraction of sp³-hybridized carbons (Fsp3) is 0.273. The van der Waals surface area contributed by atoms with Gasteiger partial charge in [0.15, 0.2) is 5.82 Å². The second-order valence-corrected chi connectivity index (χ2v) is 3.84. The van der Waals surface area contributed by atoms with E-state index < -0.39 is 17.2 Å². The Bertz CT molecular complexity index is 660. The van der Waals surface area contributed by atoms with Gasteiger partial charge < -0.3 is 4.42 Å². The standard InChI is InChI=1S/C9H5BrFNO3.C2H6/c1-3-2-4-7(6(11)5(3)10)12-9(14)15-8(4)13;1-2/h2H,1H3,(H,12,14);1-2H3. The maximum absolute atomic E-state index is 13.6. The minimum Gasteiger partial charge on any atom is -0.372 e. The summed E-state index contributed by atoms with van der Waals surface area (Å²) in [5.41, 5.74) is -0.434. The van der Waals surface area contributed by atoms with Crippen molar-refractivity contribution in [3.63, 3.8) is 0 Å². The molecule has 6 heteroatoms. The van der Waals surface area contributed by atoms with Crippen molar-refractivity contribution in [3.8, 4) is 0 Å². The molecular formula is C11H11BrFNO3. The van der Waals surface area contributed by atoms with E-state index in [9.17, 15) is 14.0 Å². The van der Waals surface area contributed by atoms with Gasteiger partial charge in [-0.15, -0.1) is 0 Å². The number of rotatable bonds is 0. The molecule has 2 rings (SSSR count). The largest absolute Gasteiger partial charge is 0.419 e. The number of aromatic nitrogens is 1. The van der Waals surface area contributed by atoms with E-state index in [0.717, 1.165) is 0 Å². The molecule has 0 aliphatic carbocycles. The molecule has 92 valence electrons. The third kappa shape index (κ3) is 2.46. The van der Waals surface area contributed by atoms with Gasteiger partial charge >= 0.3 is 11.4 Å². The van der Waals surface area contributed by atoms with Crippen molar-refractivity contribution in [2.24, 2.45) is 0 Å². The number of H-pyrrole nitrogens is 1. The number of aryl methyl sites for hydroxylation is 1. The van der Waals surface area contributed by atoms with Gasteiger partial charge in [0.05, 0.1) is 15.4 Å². The summed E-state index contributed by atoms with van der Waals surface area (Å²) in [4.78, 5) is 24.2.